The largest absolute Gasteiger partial charge is 0.374 e. The Labute approximate surface area is 158 Å². The van der Waals surface area contributed by atoms with Crippen LogP contribution in [0.5, 0.6) is 0 Å². The van der Waals surface area contributed by atoms with Gasteiger partial charge in [0.15, 0.2) is 0 Å². The first-order valence-corrected chi connectivity index (χ1v) is 9.47. The Bertz CT molecular complexity index is 313. The summed E-state index contributed by atoms with van der Waals surface area (Å²) in [6.45, 7) is 7.77. The van der Waals surface area contributed by atoms with Crippen LogP contribution in [0.1, 0.15) is 66.2 Å². The number of nitrogens with one attached hydrogen (secondary N) is 4. The van der Waals surface area contributed by atoms with Crippen LogP contribution < -0.4 is 21.3 Å². The van der Waals surface area contributed by atoms with E-state index in [2.05, 4.69) is 21.3 Å². The van der Waals surface area contributed by atoms with E-state index in [0.717, 1.165) is 25.7 Å². The number of aliphatic hydroxyl groups is 4. The van der Waals surface area contributed by atoms with E-state index in [9.17, 15) is 10.2 Å². The Morgan fingerprint density at radius 3 is 1.04 bits per heavy atom. The Morgan fingerprint density at radius 1 is 0.538 bits per heavy atom. The van der Waals surface area contributed by atoms with E-state index < -0.39 is 24.9 Å². The van der Waals surface area contributed by atoms with Gasteiger partial charge in [0.25, 0.3) is 0 Å². The molecule has 156 valence electrons. The second kappa shape index (κ2) is 19.8. The van der Waals surface area contributed by atoms with Crippen molar-refractivity contribution in [1.29, 1.82) is 0 Å². The summed E-state index contributed by atoms with van der Waals surface area (Å²) in [5, 5.41) is 47.6. The first-order chi connectivity index (χ1) is 12.4. The number of hydrogen-bond donors (Lipinski definition) is 8. The van der Waals surface area contributed by atoms with Crippen LogP contribution in [-0.4, -0.2) is 45.3 Å². The number of rotatable bonds is 14. The summed E-state index contributed by atoms with van der Waals surface area (Å²) < 4.78 is 0. The highest BCUT2D eigenvalue weighted by molar-refractivity contribution is 4.79. The minimum atomic E-state index is -0.512. The molecule has 0 saturated carbocycles. The molecule has 8 N–H and O–H groups in total. The zero-order valence-electron chi connectivity index (χ0n) is 16.7. The lowest BCUT2D eigenvalue weighted by molar-refractivity contribution is 0.136. The molecule has 0 heterocycles. The summed E-state index contributed by atoms with van der Waals surface area (Å²) in [6, 6.07) is 0. The van der Waals surface area contributed by atoms with Gasteiger partial charge in [-0.25, -0.2) is 0 Å². The molecule has 0 spiro atoms. The van der Waals surface area contributed by atoms with Gasteiger partial charge in [0.05, 0.1) is 0 Å². The van der Waals surface area contributed by atoms with E-state index in [1.54, 1.807) is 24.8 Å². The minimum Gasteiger partial charge on any atom is -0.374 e. The Morgan fingerprint density at radius 2 is 0.808 bits per heavy atom. The average molecular weight is 377 g/mol. The van der Waals surface area contributed by atoms with Crippen molar-refractivity contribution < 1.29 is 20.4 Å². The quantitative estimate of drug-likeness (QED) is 0.211. The molecule has 0 bridgehead atoms. The molecule has 0 aliphatic carbocycles. The molecule has 0 amide bonds. The molecule has 0 radical (unpaired) electrons. The number of aliphatic hydroxyl groups excluding tert-OH is 4. The van der Waals surface area contributed by atoms with Crippen molar-refractivity contribution in [1.82, 2.24) is 21.3 Å². The highest BCUT2D eigenvalue weighted by atomic mass is 16.3. The Balaban J connectivity index is 0. The Kier molecular flexibility index (Phi) is 20.4. The van der Waals surface area contributed by atoms with Crippen LogP contribution in [0.15, 0.2) is 24.8 Å². The summed E-state index contributed by atoms with van der Waals surface area (Å²) >= 11 is 0. The maximum Gasteiger partial charge on any atom is 0.124 e. The van der Waals surface area contributed by atoms with Gasteiger partial charge in [-0.1, -0.05) is 40.5 Å². The van der Waals surface area contributed by atoms with Gasteiger partial charge in [-0.15, -0.1) is 0 Å². The molecule has 0 saturated heterocycles. The smallest absolute Gasteiger partial charge is 0.124 e. The van der Waals surface area contributed by atoms with Crippen molar-refractivity contribution >= 4 is 0 Å². The standard InChI is InChI=1S/C10H22N2O2.C8H18N2O2/c1-3-5-9(13)11-7-8-12-10(14)6-4-2;1-3-7(11)9-5-6-10-8(12)4-2/h7-14H,3-6H2,1-2H3;5-12H,3-4H2,1-2H3/b8-7+;6-5+. The van der Waals surface area contributed by atoms with E-state index >= 15 is 0 Å². The fraction of sp³-hybridized carbons (Fsp3) is 0.778. The maximum atomic E-state index is 9.27. The highest BCUT2D eigenvalue weighted by Crippen LogP contribution is 1.92. The van der Waals surface area contributed by atoms with Gasteiger partial charge < -0.3 is 41.7 Å². The third-order valence-electron chi connectivity index (χ3n) is 3.22. The Hall–Kier alpha value is -1.48. The monoisotopic (exact) mass is 376 g/mol. The first-order valence-electron chi connectivity index (χ1n) is 9.47. The van der Waals surface area contributed by atoms with E-state index in [1.807, 2.05) is 27.7 Å². The van der Waals surface area contributed by atoms with Crippen molar-refractivity contribution in [3.63, 3.8) is 0 Å². The lowest BCUT2D eigenvalue weighted by atomic mass is 10.3. The minimum absolute atomic E-state index is 0.499. The second-order valence-electron chi connectivity index (χ2n) is 5.79. The van der Waals surface area contributed by atoms with E-state index in [-0.39, 0.29) is 0 Å². The molecule has 0 aliphatic rings. The van der Waals surface area contributed by atoms with Crippen LogP contribution in [0.3, 0.4) is 0 Å². The molecule has 26 heavy (non-hydrogen) atoms. The van der Waals surface area contributed by atoms with Gasteiger partial charge in [0.2, 0.25) is 0 Å². The van der Waals surface area contributed by atoms with Crippen LogP contribution in [0.4, 0.5) is 0 Å². The molecule has 0 aliphatic heterocycles. The summed E-state index contributed by atoms with van der Waals surface area (Å²) in [5.74, 6) is 0. The molecule has 0 fully saturated rings. The van der Waals surface area contributed by atoms with Gasteiger partial charge >= 0.3 is 0 Å². The van der Waals surface area contributed by atoms with E-state index in [0.29, 0.717) is 12.8 Å². The van der Waals surface area contributed by atoms with E-state index in [4.69, 9.17) is 10.2 Å². The van der Waals surface area contributed by atoms with Gasteiger partial charge in [-0.3, -0.25) is 0 Å². The molecule has 8 heteroatoms. The number of hydrogen-bond acceptors (Lipinski definition) is 8. The van der Waals surface area contributed by atoms with Crippen molar-refractivity contribution in [2.45, 2.75) is 91.1 Å². The molecule has 0 aromatic rings. The van der Waals surface area contributed by atoms with Gasteiger partial charge in [-0.05, 0) is 25.7 Å². The molecular formula is C18H40N4O4. The highest BCUT2D eigenvalue weighted by Gasteiger charge is 1.98. The molecule has 0 aromatic heterocycles. The lowest BCUT2D eigenvalue weighted by Gasteiger charge is -2.11. The molecule has 0 aromatic carbocycles. The summed E-state index contributed by atoms with van der Waals surface area (Å²) in [5.41, 5.74) is 0. The van der Waals surface area contributed by atoms with Gasteiger partial charge in [0.1, 0.15) is 24.9 Å². The van der Waals surface area contributed by atoms with Gasteiger partial charge in [0, 0.05) is 24.8 Å². The molecule has 0 rings (SSSR count). The normalized spacial score (nSPS) is 15.7. The van der Waals surface area contributed by atoms with Crippen LogP contribution in [-0.2, 0) is 0 Å². The van der Waals surface area contributed by atoms with Crippen LogP contribution >= 0.6 is 0 Å². The fourth-order valence-electron chi connectivity index (χ4n) is 1.59. The van der Waals surface area contributed by atoms with Crippen LogP contribution in [0.2, 0.25) is 0 Å². The maximum absolute atomic E-state index is 9.27. The SMILES string of the molecule is CCC(O)N/C=C/NC(O)CC.CCCC(O)N/C=C/NC(O)CCC. The summed E-state index contributed by atoms with van der Waals surface area (Å²) in [6.07, 6.45) is 8.98. The van der Waals surface area contributed by atoms with Crippen molar-refractivity contribution in [2.24, 2.45) is 0 Å². The summed E-state index contributed by atoms with van der Waals surface area (Å²) in [4.78, 5) is 0. The average Bonchev–Trinajstić information content (AvgIpc) is 2.63. The van der Waals surface area contributed by atoms with Crippen molar-refractivity contribution in [3.8, 4) is 0 Å². The molecule has 4 atom stereocenters. The summed E-state index contributed by atoms with van der Waals surface area (Å²) in [7, 11) is 0. The predicted octanol–water partition coefficient (Wildman–Crippen LogP) is 0.967. The molecule has 8 nitrogen and oxygen atoms in total. The third kappa shape index (κ3) is 20.6. The lowest BCUT2D eigenvalue weighted by Crippen LogP contribution is -2.26. The van der Waals surface area contributed by atoms with Gasteiger partial charge in [-0.2, -0.15) is 0 Å². The fourth-order valence-corrected chi connectivity index (χ4v) is 1.59. The van der Waals surface area contributed by atoms with Crippen LogP contribution in [0, 0.1) is 0 Å². The zero-order chi connectivity index (χ0) is 20.2. The second-order valence-corrected chi connectivity index (χ2v) is 5.79. The zero-order valence-corrected chi connectivity index (χ0v) is 16.7. The van der Waals surface area contributed by atoms with Crippen molar-refractivity contribution in [2.75, 3.05) is 0 Å². The van der Waals surface area contributed by atoms with Crippen molar-refractivity contribution in [3.05, 3.63) is 24.8 Å². The first kappa shape index (κ1) is 26.7. The van der Waals surface area contributed by atoms with Crippen LogP contribution in [0.25, 0.3) is 0 Å². The predicted molar refractivity (Wildman–Crippen MR) is 105 cm³/mol. The molecular weight excluding hydrogens is 336 g/mol. The topological polar surface area (TPSA) is 129 Å². The van der Waals surface area contributed by atoms with E-state index in [1.165, 1.54) is 0 Å². The third-order valence-corrected chi connectivity index (χ3v) is 3.22. The molecule has 4 unspecified atom stereocenters.